The number of hydrogen-bond acceptors (Lipinski definition) is 4. The monoisotopic (exact) mass is 223 g/mol. The van der Waals surface area contributed by atoms with Gasteiger partial charge in [-0.05, 0) is 12.8 Å². The number of nitrogens with zero attached hydrogens (tertiary/aromatic N) is 3. The average molecular weight is 223 g/mol. The van der Waals surface area contributed by atoms with Crippen LogP contribution >= 0.6 is 0 Å². The molecule has 0 saturated carbocycles. The maximum Gasteiger partial charge on any atom is 0.330 e. The van der Waals surface area contributed by atoms with Gasteiger partial charge in [-0.2, -0.15) is 0 Å². The summed E-state index contributed by atoms with van der Waals surface area (Å²) in [6, 6.07) is -0.690. The molecule has 6 nitrogen and oxygen atoms in total. The zero-order valence-corrected chi connectivity index (χ0v) is 9.00. The van der Waals surface area contributed by atoms with Gasteiger partial charge in [0, 0.05) is 18.9 Å². The second kappa shape index (κ2) is 4.34. The predicted octanol–water partition coefficient (Wildman–Crippen LogP) is 0.489. The van der Waals surface area contributed by atoms with Crippen molar-refractivity contribution in [2.45, 2.75) is 18.9 Å². The third-order valence-corrected chi connectivity index (χ3v) is 2.70. The smallest absolute Gasteiger partial charge is 0.330 e. The number of amides is 1. The predicted molar refractivity (Wildman–Crippen MR) is 54.8 cm³/mol. The molecule has 1 amide bonds. The number of likely N-dealkylation sites (tertiary alicyclic amines) is 1. The Bertz CT molecular complexity index is 388. The van der Waals surface area contributed by atoms with Gasteiger partial charge in [-0.3, -0.25) is 4.57 Å². The number of rotatable bonds is 1. The van der Waals surface area contributed by atoms with Gasteiger partial charge in [0.25, 0.3) is 0 Å². The Morgan fingerprint density at radius 2 is 2.31 bits per heavy atom. The van der Waals surface area contributed by atoms with E-state index in [1.54, 1.807) is 6.20 Å². The summed E-state index contributed by atoms with van der Waals surface area (Å²) >= 11 is 0. The van der Waals surface area contributed by atoms with Crippen LogP contribution in [0.3, 0.4) is 0 Å². The number of methoxy groups -OCH3 is 1. The van der Waals surface area contributed by atoms with Crippen LogP contribution in [0.2, 0.25) is 0 Å². The summed E-state index contributed by atoms with van der Waals surface area (Å²) in [6.45, 7) is 0.580. The first kappa shape index (κ1) is 10.7. The fourth-order valence-electron chi connectivity index (χ4n) is 1.90. The highest BCUT2D eigenvalue weighted by atomic mass is 16.5. The summed E-state index contributed by atoms with van der Waals surface area (Å²) in [5.74, 6) is -0.356. The van der Waals surface area contributed by atoms with Crippen molar-refractivity contribution in [3.8, 4) is 0 Å². The normalized spacial score (nSPS) is 19.8. The van der Waals surface area contributed by atoms with Gasteiger partial charge >= 0.3 is 12.0 Å². The Labute approximate surface area is 92.8 Å². The van der Waals surface area contributed by atoms with Crippen molar-refractivity contribution in [3.05, 3.63) is 18.7 Å². The van der Waals surface area contributed by atoms with Crippen molar-refractivity contribution < 1.29 is 14.3 Å². The highest BCUT2D eigenvalue weighted by Crippen LogP contribution is 2.19. The van der Waals surface area contributed by atoms with Gasteiger partial charge in [-0.1, -0.05) is 0 Å². The molecule has 6 heteroatoms. The Hall–Kier alpha value is -1.85. The van der Waals surface area contributed by atoms with E-state index in [4.69, 9.17) is 0 Å². The van der Waals surface area contributed by atoms with Crippen LogP contribution in [0.25, 0.3) is 0 Å². The van der Waals surface area contributed by atoms with Crippen molar-refractivity contribution in [1.82, 2.24) is 14.5 Å². The van der Waals surface area contributed by atoms with E-state index in [0.29, 0.717) is 13.0 Å². The first-order chi connectivity index (χ1) is 7.74. The molecular weight excluding hydrogens is 210 g/mol. The number of esters is 1. The van der Waals surface area contributed by atoms with Gasteiger partial charge in [0.2, 0.25) is 0 Å². The first-order valence-corrected chi connectivity index (χ1v) is 5.11. The molecule has 0 aliphatic carbocycles. The third-order valence-electron chi connectivity index (χ3n) is 2.70. The molecule has 1 fully saturated rings. The van der Waals surface area contributed by atoms with Crippen LogP contribution in [0, 0.1) is 0 Å². The zero-order chi connectivity index (χ0) is 11.5. The molecule has 0 spiro atoms. The fourth-order valence-corrected chi connectivity index (χ4v) is 1.90. The van der Waals surface area contributed by atoms with Gasteiger partial charge in [0.1, 0.15) is 12.4 Å². The van der Waals surface area contributed by atoms with E-state index >= 15 is 0 Å². The summed E-state index contributed by atoms with van der Waals surface area (Å²) in [5.41, 5.74) is 0. The van der Waals surface area contributed by atoms with Gasteiger partial charge in [0.15, 0.2) is 0 Å². The molecule has 16 heavy (non-hydrogen) atoms. The van der Waals surface area contributed by atoms with E-state index in [2.05, 4.69) is 9.72 Å². The summed E-state index contributed by atoms with van der Waals surface area (Å²) < 4.78 is 6.04. The second-order valence-corrected chi connectivity index (χ2v) is 3.63. The molecule has 1 aliphatic rings. The number of ether oxygens (including phenoxy) is 1. The van der Waals surface area contributed by atoms with E-state index in [1.165, 1.54) is 29.1 Å². The number of carbonyl (C=O) groups excluding carboxylic acids is 2. The average Bonchev–Trinajstić information content (AvgIpc) is 2.97. The highest BCUT2D eigenvalue weighted by Gasteiger charge is 2.35. The molecular formula is C10H13N3O3. The molecule has 2 rings (SSSR count). The van der Waals surface area contributed by atoms with Gasteiger partial charge < -0.3 is 9.64 Å². The Balaban J connectivity index is 2.14. The van der Waals surface area contributed by atoms with Crippen molar-refractivity contribution in [2.24, 2.45) is 0 Å². The lowest BCUT2D eigenvalue weighted by Crippen LogP contribution is -2.42. The van der Waals surface area contributed by atoms with E-state index in [1.807, 2.05) is 0 Å². The molecule has 0 bridgehead atoms. The fraction of sp³-hybridized carbons (Fsp3) is 0.500. The van der Waals surface area contributed by atoms with Gasteiger partial charge in [0.05, 0.1) is 7.11 Å². The van der Waals surface area contributed by atoms with Crippen LogP contribution in [0.5, 0.6) is 0 Å². The van der Waals surface area contributed by atoms with Crippen molar-refractivity contribution in [1.29, 1.82) is 0 Å². The maximum absolute atomic E-state index is 12.0. The molecule has 1 atom stereocenters. The number of carbonyl (C=O) groups is 2. The minimum atomic E-state index is -0.458. The number of hydrogen-bond donors (Lipinski definition) is 0. The van der Waals surface area contributed by atoms with Crippen LogP contribution in [-0.2, 0) is 9.53 Å². The van der Waals surface area contributed by atoms with Gasteiger partial charge in [-0.25, -0.2) is 14.6 Å². The molecule has 0 radical (unpaired) electrons. The molecule has 1 saturated heterocycles. The van der Waals surface area contributed by atoms with Crippen LogP contribution in [0.1, 0.15) is 12.8 Å². The van der Waals surface area contributed by atoms with E-state index in [9.17, 15) is 9.59 Å². The molecule has 1 aromatic rings. The topological polar surface area (TPSA) is 64.4 Å². The highest BCUT2D eigenvalue weighted by molar-refractivity contribution is 5.85. The minimum absolute atomic E-state index is 0.231. The molecule has 1 aromatic heterocycles. The standard InChI is InChI=1S/C10H13N3O3/c1-16-9(14)8-3-2-5-13(8)10(15)12-6-4-11-7-12/h4,6-8H,2-3,5H2,1H3. The summed E-state index contributed by atoms with van der Waals surface area (Å²) in [6.07, 6.45) is 6.00. The lowest BCUT2D eigenvalue weighted by Gasteiger charge is -2.22. The molecule has 1 unspecified atom stereocenters. The molecule has 86 valence electrons. The second-order valence-electron chi connectivity index (χ2n) is 3.63. The molecule has 2 heterocycles. The summed E-state index contributed by atoms with van der Waals surface area (Å²) in [5, 5.41) is 0. The van der Waals surface area contributed by atoms with Crippen molar-refractivity contribution in [2.75, 3.05) is 13.7 Å². The maximum atomic E-state index is 12.0. The molecule has 0 N–H and O–H groups in total. The van der Waals surface area contributed by atoms with Crippen LogP contribution < -0.4 is 0 Å². The quantitative estimate of drug-likeness (QED) is 0.650. The zero-order valence-electron chi connectivity index (χ0n) is 9.00. The van der Waals surface area contributed by atoms with E-state index in [-0.39, 0.29) is 12.0 Å². The Morgan fingerprint density at radius 3 is 2.94 bits per heavy atom. The van der Waals surface area contributed by atoms with Crippen molar-refractivity contribution in [3.63, 3.8) is 0 Å². The SMILES string of the molecule is COC(=O)C1CCCN1C(=O)n1ccnc1. The van der Waals surface area contributed by atoms with Crippen molar-refractivity contribution >= 4 is 12.0 Å². The van der Waals surface area contributed by atoms with Crippen LogP contribution in [0.4, 0.5) is 4.79 Å². The Kier molecular flexibility index (Phi) is 2.89. The summed E-state index contributed by atoms with van der Waals surface area (Å²) in [4.78, 5) is 28.8. The molecule has 1 aliphatic heterocycles. The number of imidazole rings is 1. The minimum Gasteiger partial charge on any atom is -0.467 e. The van der Waals surface area contributed by atoms with E-state index in [0.717, 1.165) is 6.42 Å². The third kappa shape index (κ3) is 1.78. The van der Waals surface area contributed by atoms with Crippen LogP contribution in [0.15, 0.2) is 18.7 Å². The lowest BCUT2D eigenvalue weighted by atomic mass is 10.2. The first-order valence-electron chi connectivity index (χ1n) is 5.11. The molecule has 0 aromatic carbocycles. The number of aromatic nitrogens is 2. The summed E-state index contributed by atoms with van der Waals surface area (Å²) in [7, 11) is 1.33. The van der Waals surface area contributed by atoms with E-state index < -0.39 is 6.04 Å². The van der Waals surface area contributed by atoms with Crippen LogP contribution in [-0.4, -0.2) is 46.1 Å². The lowest BCUT2D eigenvalue weighted by molar-refractivity contribution is -0.144. The van der Waals surface area contributed by atoms with Gasteiger partial charge in [-0.15, -0.1) is 0 Å². The Morgan fingerprint density at radius 1 is 1.50 bits per heavy atom. The largest absolute Gasteiger partial charge is 0.467 e.